The Kier molecular flexibility index (Phi) is 4.55. The third kappa shape index (κ3) is 3.77. The first-order valence-electron chi connectivity index (χ1n) is 4.86. The smallest absolute Gasteiger partial charge is 0.269 e. The van der Waals surface area contributed by atoms with Crippen molar-refractivity contribution in [3.8, 4) is 0 Å². The van der Waals surface area contributed by atoms with Crippen molar-refractivity contribution in [2.45, 2.75) is 4.90 Å². The summed E-state index contributed by atoms with van der Waals surface area (Å²) in [6.07, 6.45) is 0. The van der Waals surface area contributed by atoms with E-state index in [4.69, 9.17) is 0 Å². The lowest BCUT2D eigenvalue weighted by Crippen LogP contribution is -2.30. The van der Waals surface area contributed by atoms with Crippen molar-refractivity contribution in [2.24, 2.45) is 0 Å². The van der Waals surface area contributed by atoms with E-state index in [2.05, 4.69) is 10.0 Å². The van der Waals surface area contributed by atoms with Crippen molar-refractivity contribution in [3.05, 3.63) is 34.4 Å². The molecular weight excluding hydrogens is 246 g/mol. The van der Waals surface area contributed by atoms with E-state index < -0.39 is 14.9 Å². The number of nitrogens with one attached hydrogen (secondary N) is 2. The molecule has 94 valence electrons. The summed E-state index contributed by atoms with van der Waals surface area (Å²) in [5.74, 6) is 0. The molecule has 0 unspecified atom stereocenters. The fourth-order valence-electron chi connectivity index (χ4n) is 1.14. The quantitative estimate of drug-likeness (QED) is 0.428. The molecule has 1 rings (SSSR count). The number of rotatable bonds is 6. The minimum absolute atomic E-state index is 0.0132. The minimum atomic E-state index is -3.59. The molecule has 0 radical (unpaired) electrons. The van der Waals surface area contributed by atoms with Gasteiger partial charge in [-0.05, 0) is 19.2 Å². The number of sulfonamides is 1. The highest BCUT2D eigenvalue weighted by Gasteiger charge is 2.14. The first-order valence-corrected chi connectivity index (χ1v) is 6.34. The second kappa shape index (κ2) is 5.71. The molecule has 0 saturated heterocycles. The van der Waals surface area contributed by atoms with Crippen LogP contribution < -0.4 is 10.0 Å². The van der Waals surface area contributed by atoms with Crippen LogP contribution in [0, 0.1) is 10.1 Å². The highest BCUT2D eigenvalue weighted by atomic mass is 32.2. The number of hydrogen-bond acceptors (Lipinski definition) is 5. The van der Waals surface area contributed by atoms with Gasteiger partial charge >= 0.3 is 0 Å². The van der Waals surface area contributed by atoms with Crippen LogP contribution >= 0.6 is 0 Å². The molecule has 0 spiro atoms. The molecule has 1 aromatic rings. The largest absolute Gasteiger partial charge is 0.318 e. The summed E-state index contributed by atoms with van der Waals surface area (Å²) < 4.78 is 25.7. The molecule has 0 atom stereocenters. The third-order valence-corrected chi connectivity index (χ3v) is 3.50. The van der Waals surface area contributed by atoms with Crippen molar-refractivity contribution in [3.63, 3.8) is 0 Å². The maximum Gasteiger partial charge on any atom is 0.269 e. The van der Waals surface area contributed by atoms with Gasteiger partial charge in [-0.2, -0.15) is 0 Å². The maximum absolute atomic E-state index is 11.7. The molecule has 2 N–H and O–H groups in total. The number of non-ortho nitro benzene ring substituents is 1. The van der Waals surface area contributed by atoms with Crippen LogP contribution in [-0.2, 0) is 10.0 Å². The van der Waals surface area contributed by atoms with Crippen molar-refractivity contribution >= 4 is 15.7 Å². The molecule has 0 aliphatic rings. The number of nitro benzene ring substituents is 1. The standard InChI is InChI=1S/C9H13N3O4S/c1-10-6-7-11-17(15,16)9-4-2-8(3-5-9)12(13)14/h2-5,10-11H,6-7H2,1H3. The van der Waals surface area contributed by atoms with Gasteiger partial charge in [0.15, 0.2) is 0 Å². The highest BCUT2D eigenvalue weighted by Crippen LogP contribution is 2.15. The van der Waals surface area contributed by atoms with Crippen LogP contribution in [0.15, 0.2) is 29.2 Å². The summed E-state index contributed by atoms with van der Waals surface area (Å²) in [6.45, 7) is 0.766. The summed E-state index contributed by atoms with van der Waals surface area (Å²) in [5, 5.41) is 13.2. The fraction of sp³-hybridized carbons (Fsp3) is 0.333. The van der Waals surface area contributed by atoms with Gasteiger partial charge in [-0.15, -0.1) is 0 Å². The Morgan fingerprint density at radius 1 is 1.24 bits per heavy atom. The number of benzene rings is 1. The van der Waals surface area contributed by atoms with E-state index >= 15 is 0 Å². The van der Waals surface area contributed by atoms with Gasteiger partial charge in [-0.3, -0.25) is 10.1 Å². The van der Waals surface area contributed by atoms with Crippen LogP contribution in [0.4, 0.5) is 5.69 Å². The lowest BCUT2D eigenvalue weighted by molar-refractivity contribution is -0.384. The average Bonchev–Trinajstić information content (AvgIpc) is 2.29. The molecular formula is C9H13N3O4S. The van der Waals surface area contributed by atoms with E-state index in [1.807, 2.05) is 0 Å². The molecule has 0 fully saturated rings. The number of nitro groups is 1. The monoisotopic (exact) mass is 259 g/mol. The molecule has 0 amide bonds. The van der Waals surface area contributed by atoms with Gasteiger partial charge in [0, 0.05) is 25.2 Å². The van der Waals surface area contributed by atoms with Gasteiger partial charge in [0.25, 0.3) is 5.69 Å². The SMILES string of the molecule is CNCCNS(=O)(=O)c1ccc([N+](=O)[O-])cc1. The van der Waals surface area contributed by atoms with Gasteiger partial charge in [-0.25, -0.2) is 13.1 Å². The summed E-state index contributed by atoms with van der Waals surface area (Å²) >= 11 is 0. The number of nitrogens with zero attached hydrogens (tertiary/aromatic N) is 1. The lowest BCUT2D eigenvalue weighted by Gasteiger charge is -2.05. The van der Waals surface area contributed by atoms with Crippen molar-refractivity contribution in [2.75, 3.05) is 20.1 Å². The van der Waals surface area contributed by atoms with Crippen molar-refractivity contribution in [1.29, 1.82) is 0 Å². The van der Waals surface area contributed by atoms with E-state index in [0.29, 0.717) is 6.54 Å². The van der Waals surface area contributed by atoms with Crippen LogP contribution in [0.5, 0.6) is 0 Å². The molecule has 0 saturated carbocycles. The summed E-state index contributed by atoms with van der Waals surface area (Å²) in [7, 11) is -1.88. The summed E-state index contributed by atoms with van der Waals surface area (Å²) in [6, 6.07) is 4.74. The molecule has 0 aromatic heterocycles. The first kappa shape index (κ1) is 13.6. The fourth-order valence-corrected chi connectivity index (χ4v) is 2.17. The van der Waals surface area contributed by atoms with Crippen molar-refractivity contribution in [1.82, 2.24) is 10.0 Å². The van der Waals surface area contributed by atoms with Crippen LogP contribution in [0.2, 0.25) is 0 Å². The molecule has 0 aliphatic heterocycles. The van der Waals surface area contributed by atoms with Crippen LogP contribution in [0.3, 0.4) is 0 Å². The highest BCUT2D eigenvalue weighted by molar-refractivity contribution is 7.89. The third-order valence-electron chi connectivity index (χ3n) is 2.02. The zero-order valence-electron chi connectivity index (χ0n) is 9.21. The summed E-state index contributed by atoms with van der Waals surface area (Å²) in [4.78, 5) is 9.84. The van der Waals surface area contributed by atoms with Crippen LogP contribution in [0.1, 0.15) is 0 Å². The summed E-state index contributed by atoms with van der Waals surface area (Å²) in [5.41, 5.74) is -0.140. The van der Waals surface area contributed by atoms with E-state index in [-0.39, 0.29) is 17.1 Å². The van der Waals surface area contributed by atoms with Gasteiger partial charge in [-0.1, -0.05) is 0 Å². The van der Waals surface area contributed by atoms with Gasteiger partial charge in [0.05, 0.1) is 9.82 Å². The Hall–Kier alpha value is -1.51. The Balaban J connectivity index is 2.81. The molecule has 17 heavy (non-hydrogen) atoms. The first-order chi connectivity index (χ1) is 7.97. The van der Waals surface area contributed by atoms with Gasteiger partial charge < -0.3 is 5.32 Å². The van der Waals surface area contributed by atoms with Gasteiger partial charge in [0.1, 0.15) is 0 Å². The number of hydrogen-bond donors (Lipinski definition) is 2. The average molecular weight is 259 g/mol. The minimum Gasteiger partial charge on any atom is -0.318 e. The molecule has 8 heteroatoms. The Labute approximate surface area is 99.0 Å². The van der Waals surface area contributed by atoms with Crippen LogP contribution in [0.25, 0.3) is 0 Å². The van der Waals surface area contributed by atoms with E-state index in [1.165, 1.54) is 12.1 Å². The lowest BCUT2D eigenvalue weighted by atomic mass is 10.3. The Bertz CT molecular complexity index is 483. The molecule has 1 aromatic carbocycles. The molecule has 0 bridgehead atoms. The predicted octanol–water partition coefficient (Wildman–Crippen LogP) is 0.0925. The van der Waals surface area contributed by atoms with Gasteiger partial charge in [0.2, 0.25) is 10.0 Å². The second-order valence-corrected chi connectivity index (χ2v) is 5.02. The van der Waals surface area contributed by atoms with E-state index in [0.717, 1.165) is 12.1 Å². The zero-order chi connectivity index (χ0) is 12.9. The van der Waals surface area contributed by atoms with Crippen LogP contribution in [-0.4, -0.2) is 33.5 Å². The zero-order valence-corrected chi connectivity index (χ0v) is 10.0. The maximum atomic E-state index is 11.7. The Morgan fingerprint density at radius 3 is 2.29 bits per heavy atom. The number of likely N-dealkylation sites (N-methyl/N-ethyl adjacent to an activating group) is 1. The van der Waals surface area contributed by atoms with E-state index in [1.54, 1.807) is 7.05 Å². The topological polar surface area (TPSA) is 101 Å². The Morgan fingerprint density at radius 2 is 1.82 bits per heavy atom. The van der Waals surface area contributed by atoms with Crippen molar-refractivity contribution < 1.29 is 13.3 Å². The molecule has 0 aliphatic carbocycles. The molecule has 7 nitrogen and oxygen atoms in total. The second-order valence-electron chi connectivity index (χ2n) is 3.25. The normalized spacial score (nSPS) is 11.4. The van der Waals surface area contributed by atoms with E-state index in [9.17, 15) is 18.5 Å². The molecule has 0 heterocycles. The predicted molar refractivity (Wildman–Crippen MR) is 62.2 cm³/mol.